The Morgan fingerprint density at radius 3 is 2.57 bits per heavy atom. The second-order valence-corrected chi connectivity index (χ2v) is 6.74. The fraction of sp³-hybridized carbons (Fsp3) is 0.684. The van der Waals surface area contributed by atoms with Crippen LogP contribution in [0.15, 0.2) is 18.2 Å². The molecule has 2 nitrogen and oxygen atoms in total. The number of benzene rings is 1. The molecule has 1 aromatic carbocycles. The van der Waals surface area contributed by atoms with Gasteiger partial charge in [0.05, 0.1) is 0 Å². The number of hydrogen-bond donors (Lipinski definition) is 1. The Kier molecular flexibility index (Phi) is 6.25. The molecule has 21 heavy (non-hydrogen) atoms. The summed E-state index contributed by atoms with van der Waals surface area (Å²) in [6.45, 7) is 8.88. The van der Waals surface area contributed by atoms with Crippen molar-refractivity contribution in [1.29, 1.82) is 0 Å². The molecule has 1 atom stereocenters. The van der Waals surface area contributed by atoms with Crippen LogP contribution in [0.5, 0.6) is 0 Å². The fourth-order valence-corrected chi connectivity index (χ4v) is 3.59. The Bertz CT molecular complexity index is 435. The van der Waals surface area contributed by atoms with Crippen LogP contribution in [0.25, 0.3) is 0 Å². The summed E-state index contributed by atoms with van der Waals surface area (Å²) in [4.78, 5) is 2.58. The van der Waals surface area contributed by atoms with Gasteiger partial charge in [0.2, 0.25) is 0 Å². The van der Waals surface area contributed by atoms with Crippen molar-refractivity contribution in [2.24, 2.45) is 0 Å². The highest BCUT2D eigenvalue weighted by Crippen LogP contribution is 2.26. The lowest BCUT2D eigenvalue weighted by Gasteiger charge is -2.30. The minimum absolute atomic E-state index is 0.455. The van der Waals surface area contributed by atoms with Crippen LogP contribution in [0, 0.1) is 13.8 Å². The van der Waals surface area contributed by atoms with E-state index in [9.17, 15) is 0 Å². The van der Waals surface area contributed by atoms with Crippen molar-refractivity contribution in [1.82, 2.24) is 10.2 Å². The summed E-state index contributed by atoms with van der Waals surface area (Å²) in [6.07, 6.45) is 6.76. The lowest BCUT2D eigenvalue weighted by Crippen LogP contribution is -2.38. The summed E-state index contributed by atoms with van der Waals surface area (Å²) in [5.41, 5.74) is 4.25. The van der Waals surface area contributed by atoms with Gasteiger partial charge in [-0.1, -0.05) is 43.5 Å². The molecule has 1 fully saturated rings. The molecular formula is C19H32N2. The van der Waals surface area contributed by atoms with Crippen LogP contribution in [-0.2, 0) is 0 Å². The van der Waals surface area contributed by atoms with E-state index in [0.29, 0.717) is 6.04 Å². The van der Waals surface area contributed by atoms with Gasteiger partial charge in [0, 0.05) is 18.6 Å². The van der Waals surface area contributed by atoms with E-state index in [1.807, 2.05) is 0 Å². The van der Waals surface area contributed by atoms with Crippen LogP contribution in [-0.4, -0.2) is 31.1 Å². The smallest absolute Gasteiger partial charge is 0.0451 e. The van der Waals surface area contributed by atoms with Crippen molar-refractivity contribution >= 4 is 0 Å². The first-order valence-electron chi connectivity index (χ1n) is 8.62. The zero-order chi connectivity index (χ0) is 15.2. The number of nitrogens with zero attached hydrogens (tertiary/aromatic N) is 1. The molecule has 1 N–H and O–H groups in total. The maximum atomic E-state index is 3.76. The van der Waals surface area contributed by atoms with Gasteiger partial charge >= 0.3 is 0 Å². The molecule has 0 radical (unpaired) electrons. The molecule has 0 saturated heterocycles. The zero-order valence-corrected chi connectivity index (χ0v) is 14.3. The first-order chi connectivity index (χ1) is 10.1. The Labute approximate surface area is 130 Å². The lowest BCUT2D eigenvalue weighted by atomic mass is 9.98. The van der Waals surface area contributed by atoms with Crippen LogP contribution in [0.1, 0.15) is 61.8 Å². The molecular weight excluding hydrogens is 256 g/mol. The molecule has 2 rings (SSSR count). The molecule has 118 valence electrons. The topological polar surface area (TPSA) is 15.3 Å². The van der Waals surface area contributed by atoms with Crippen LogP contribution in [0.4, 0.5) is 0 Å². The van der Waals surface area contributed by atoms with E-state index in [-0.39, 0.29) is 0 Å². The monoisotopic (exact) mass is 288 g/mol. The molecule has 0 aromatic heterocycles. The highest BCUT2D eigenvalue weighted by Gasteiger charge is 2.23. The second-order valence-electron chi connectivity index (χ2n) is 6.74. The van der Waals surface area contributed by atoms with E-state index in [1.165, 1.54) is 48.8 Å². The van der Waals surface area contributed by atoms with Crippen molar-refractivity contribution in [2.45, 2.75) is 65.0 Å². The summed E-state index contributed by atoms with van der Waals surface area (Å²) in [7, 11) is 2.31. The van der Waals surface area contributed by atoms with Crippen molar-refractivity contribution in [3.8, 4) is 0 Å². The highest BCUT2D eigenvalue weighted by molar-refractivity contribution is 5.33. The van der Waals surface area contributed by atoms with Gasteiger partial charge in [-0.05, 0) is 57.8 Å². The first-order valence-corrected chi connectivity index (χ1v) is 8.62. The fourth-order valence-electron chi connectivity index (χ4n) is 3.59. The summed E-state index contributed by atoms with van der Waals surface area (Å²) >= 11 is 0. The quantitative estimate of drug-likeness (QED) is 0.808. The zero-order valence-electron chi connectivity index (χ0n) is 14.3. The maximum absolute atomic E-state index is 3.76. The SMILES string of the molecule is CCCNC(CN(C)C1CCCC1)c1ccc(C)cc1C. The highest BCUT2D eigenvalue weighted by atomic mass is 15.2. The number of rotatable bonds is 7. The molecule has 1 unspecified atom stereocenters. The number of nitrogens with one attached hydrogen (secondary N) is 1. The van der Waals surface area contributed by atoms with Crippen LogP contribution >= 0.6 is 0 Å². The third-order valence-electron chi connectivity index (χ3n) is 4.86. The summed E-state index contributed by atoms with van der Waals surface area (Å²) < 4.78 is 0. The van der Waals surface area contributed by atoms with Crippen molar-refractivity contribution in [2.75, 3.05) is 20.1 Å². The van der Waals surface area contributed by atoms with Gasteiger partial charge in [0.15, 0.2) is 0 Å². The van der Waals surface area contributed by atoms with Crippen LogP contribution in [0.2, 0.25) is 0 Å². The number of aryl methyl sites for hydroxylation is 2. The molecule has 0 amide bonds. The molecule has 0 aliphatic heterocycles. The first kappa shape index (κ1) is 16.5. The van der Waals surface area contributed by atoms with Crippen LogP contribution in [0.3, 0.4) is 0 Å². The van der Waals surface area contributed by atoms with Gasteiger partial charge in [0.25, 0.3) is 0 Å². The van der Waals surface area contributed by atoms with E-state index in [1.54, 1.807) is 0 Å². The average Bonchev–Trinajstić information content (AvgIpc) is 2.98. The summed E-state index contributed by atoms with van der Waals surface area (Å²) in [5, 5.41) is 3.76. The third-order valence-corrected chi connectivity index (χ3v) is 4.86. The minimum atomic E-state index is 0.455. The molecule has 1 aromatic rings. The molecule has 1 aliphatic rings. The van der Waals surface area contributed by atoms with Crippen molar-refractivity contribution in [3.63, 3.8) is 0 Å². The lowest BCUT2D eigenvalue weighted by molar-refractivity contribution is 0.219. The summed E-state index contributed by atoms with van der Waals surface area (Å²) in [6, 6.07) is 8.13. The number of hydrogen-bond acceptors (Lipinski definition) is 2. The third kappa shape index (κ3) is 4.55. The van der Waals surface area contributed by atoms with Gasteiger partial charge in [0.1, 0.15) is 0 Å². The Balaban J connectivity index is 2.09. The van der Waals surface area contributed by atoms with E-state index in [2.05, 4.69) is 56.2 Å². The van der Waals surface area contributed by atoms with E-state index in [0.717, 1.165) is 19.1 Å². The normalized spacial score (nSPS) is 17.6. The number of likely N-dealkylation sites (N-methyl/N-ethyl adjacent to an activating group) is 1. The van der Waals surface area contributed by atoms with E-state index >= 15 is 0 Å². The average molecular weight is 288 g/mol. The van der Waals surface area contributed by atoms with E-state index < -0.39 is 0 Å². The Morgan fingerprint density at radius 1 is 1.24 bits per heavy atom. The molecule has 2 heteroatoms. The van der Waals surface area contributed by atoms with Gasteiger partial charge in [-0.25, -0.2) is 0 Å². The molecule has 1 saturated carbocycles. The maximum Gasteiger partial charge on any atom is 0.0451 e. The molecule has 0 bridgehead atoms. The Hall–Kier alpha value is -0.860. The largest absolute Gasteiger partial charge is 0.309 e. The van der Waals surface area contributed by atoms with Gasteiger partial charge in [-0.15, -0.1) is 0 Å². The second kappa shape index (κ2) is 7.95. The van der Waals surface area contributed by atoms with Crippen molar-refractivity contribution < 1.29 is 0 Å². The molecule has 1 aliphatic carbocycles. The molecule has 0 heterocycles. The predicted octanol–water partition coefficient (Wildman–Crippen LogP) is 4.22. The van der Waals surface area contributed by atoms with Gasteiger partial charge < -0.3 is 10.2 Å². The molecule has 0 spiro atoms. The standard InChI is InChI=1S/C19H32N2/c1-5-12-20-19(14-21(4)17-8-6-7-9-17)18-11-10-15(2)13-16(18)3/h10-11,13,17,19-20H,5-9,12,14H2,1-4H3. The van der Waals surface area contributed by atoms with Crippen molar-refractivity contribution in [3.05, 3.63) is 34.9 Å². The minimum Gasteiger partial charge on any atom is -0.309 e. The summed E-state index contributed by atoms with van der Waals surface area (Å²) in [5.74, 6) is 0. The Morgan fingerprint density at radius 2 is 1.95 bits per heavy atom. The van der Waals surface area contributed by atoms with Crippen LogP contribution < -0.4 is 5.32 Å². The van der Waals surface area contributed by atoms with E-state index in [4.69, 9.17) is 0 Å². The predicted molar refractivity (Wildman–Crippen MR) is 91.8 cm³/mol. The van der Waals surface area contributed by atoms with Gasteiger partial charge in [-0.3, -0.25) is 0 Å². The van der Waals surface area contributed by atoms with Gasteiger partial charge in [-0.2, -0.15) is 0 Å².